The molecule has 1 unspecified atom stereocenters. The van der Waals surface area contributed by atoms with E-state index in [1.165, 1.54) is 14.2 Å². The molecule has 0 aliphatic rings. The van der Waals surface area contributed by atoms with Gasteiger partial charge in [-0.05, 0) is 24.1 Å². The first-order valence-electron chi connectivity index (χ1n) is 4.77. The highest BCUT2D eigenvalue weighted by atomic mass is 35.5. The number of aliphatic carboxylic acids is 1. The number of nitrogens with two attached hydrogens (primary N) is 1. The van der Waals surface area contributed by atoms with Gasteiger partial charge in [0.1, 0.15) is 17.5 Å². The summed E-state index contributed by atoms with van der Waals surface area (Å²) >= 11 is 0. The summed E-state index contributed by atoms with van der Waals surface area (Å²) < 4.78 is 10.1. The molecule has 6 heteroatoms. The van der Waals surface area contributed by atoms with E-state index in [4.69, 9.17) is 20.3 Å². The third kappa shape index (κ3) is 4.50. The summed E-state index contributed by atoms with van der Waals surface area (Å²) in [6.45, 7) is 0. The first kappa shape index (κ1) is 15.5. The average molecular weight is 262 g/mol. The van der Waals surface area contributed by atoms with Crippen molar-refractivity contribution in [2.45, 2.75) is 12.5 Å². The summed E-state index contributed by atoms with van der Waals surface area (Å²) in [4.78, 5) is 10.6. The van der Waals surface area contributed by atoms with E-state index in [2.05, 4.69) is 0 Å². The van der Waals surface area contributed by atoms with Gasteiger partial charge in [-0.25, -0.2) is 0 Å². The van der Waals surface area contributed by atoms with Crippen molar-refractivity contribution >= 4 is 18.4 Å². The summed E-state index contributed by atoms with van der Waals surface area (Å²) in [7, 11) is 3.07. The van der Waals surface area contributed by atoms with Crippen LogP contribution >= 0.6 is 12.4 Å². The summed E-state index contributed by atoms with van der Waals surface area (Å²) in [6, 6.07) is 4.28. The second-order valence-corrected chi connectivity index (χ2v) is 3.37. The Balaban J connectivity index is 0.00000256. The van der Waals surface area contributed by atoms with E-state index in [-0.39, 0.29) is 18.8 Å². The highest BCUT2D eigenvalue weighted by molar-refractivity contribution is 5.85. The highest BCUT2D eigenvalue weighted by Gasteiger charge is 2.13. The first-order chi connectivity index (χ1) is 7.56. The third-order valence-corrected chi connectivity index (χ3v) is 2.18. The van der Waals surface area contributed by atoms with Gasteiger partial charge in [-0.15, -0.1) is 12.4 Å². The zero-order chi connectivity index (χ0) is 12.1. The van der Waals surface area contributed by atoms with Gasteiger partial charge in [-0.3, -0.25) is 4.79 Å². The SMILES string of the molecule is COc1cc(CC(N)C(=O)O)cc(OC)c1.Cl. The van der Waals surface area contributed by atoms with Crippen molar-refractivity contribution in [2.24, 2.45) is 5.73 Å². The van der Waals surface area contributed by atoms with Crippen LogP contribution in [0.2, 0.25) is 0 Å². The maximum atomic E-state index is 10.6. The average Bonchev–Trinajstić information content (AvgIpc) is 2.28. The van der Waals surface area contributed by atoms with Crippen LogP contribution in [0.25, 0.3) is 0 Å². The van der Waals surface area contributed by atoms with Crippen LogP contribution in [0.3, 0.4) is 0 Å². The molecule has 5 nitrogen and oxygen atoms in total. The van der Waals surface area contributed by atoms with E-state index < -0.39 is 12.0 Å². The molecule has 0 radical (unpaired) electrons. The lowest BCUT2D eigenvalue weighted by molar-refractivity contribution is -0.138. The van der Waals surface area contributed by atoms with Crippen molar-refractivity contribution in [3.63, 3.8) is 0 Å². The Morgan fingerprint density at radius 3 is 2.12 bits per heavy atom. The van der Waals surface area contributed by atoms with Gasteiger partial charge in [0.05, 0.1) is 14.2 Å². The minimum atomic E-state index is -1.03. The van der Waals surface area contributed by atoms with Crippen molar-refractivity contribution < 1.29 is 19.4 Å². The number of carbonyl (C=O) groups is 1. The summed E-state index contributed by atoms with van der Waals surface area (Å²) in [5.41, 5.74) is 6.22. The molecule has 1 aromatic carbocycles. The Labute approximate surface area is 106 Å². The van der Waals surface area contributed by atoms with Crippen molar-refractivity contribution in [3.8, 4) is 11.5 Å². The normalized spacial score (nSPS) is 11.2. The maximum absolute atomic E-state index is 10.6. The van der Waals surface area contributed by atoms with E-state index in [9.17, 15) is 4.79 Å². The summed E-state index contributed by atoms with van der Waals surface area (Å²) in [5, 5.41) is 8.71. The molecule has 0 saturated heterocycles. The minimum absolute atomic E-state index is 0. The number of hydrogen-bond donors (Lipinski definition) is 2. The van der Waals surface area contributed by atoms with Gasteiger partial charge >= 0.3 is 5.97 Å². The highest BCUT2D eigenvalue weighted by Crippen LogP contribution is 2.23. The number of ether oxygens (including phenoxy) is 2. The van der Waals surface area contributed by atoms with Crippen LogP contribution in [0.5, 0.6) is 11.5 Å². The summed E-state index contributed by atoms with van der Waals surface area (Å²) in [5.74, 6) is 0.209. The van der Waals surface area contributed by atoms with Crippen molar-refractivity contribution in [1.29, 1.82) is 0 Å². The van der Waals surface area contributed by atoms with E-state index in [1.807, 2.05) is 0 Å². The number of halogens is 1. The molecular weight excluding hydrogens is 246 g/mol. The van der Waals surface area contributed by atoms with Crippen LogP contribution in [0, 0.1) is 0 Å². The molecule has 1 atom stereocenters. The first-order valence-corrected chi connectivity index (χ1v) is 4.77. The fourth-order valence-electron chi connectivity index (χ4n) is 1.33. The number of methoxy groups -OCH3 is 2. The lowest BCUT2D eigenvalue weighted by atomic mass is 10.1. The molecule has 96 valence electrons. The molecule has 1 rings (SSSR count). The van der Waals surface area contributed by atoms with E-state index in [0.717, 1.165) is 5.56 Å². The minimum Gasteiger partial charge on any atom is -0.497 e. The van der Waals surface area contributed by atoms with Crippen molar-refractivity contribution in [1.82, 2.24) is 0 Å². The van der Waals surface area contributed by atoms with Crippen LogP contribution in [-0.4, -0.2) is 31.3 Å². The summed E-state index contributed by atoms with van der Waals surface area (Å²) in [6.07, 6.45) is 0.239. The Bertz CT molecular complexity index is 361. The molecular formula is C11H16ClNO4. The molecule has 0 aromatic heterocycles. The lowest BCUT2D eigenvalue weighted by Gasteiger charge is -2.10. The van der Waals surface area contributed by atoms with Gasteiger partial charge in [0, 0.05) is 6.07 Å². The smallest absolute Gasteiger partial charge is 0.320 e. The van der Waals surface area contributed by atoms with Gasteiger partial charge in [-0.1, -0.05) is 0 Å². The van der Waals surface area contributed by atoms with Crippen LogP contribution in [0.15, 0.2) is 18.2 Å². The van der Waals surface area contributed by atoms with E-state index >= 15 is 0 Å². The Kier molecular flexibility index (Phi) is 6.38. The molecule has 0 aliphatic carbocycles. The predicted molar refractivity (Wildman–Crippen MR) is 66.1 cm³/mol. The number of carboxylic acid groups (broad SMARTS) is 1. The van der Waals surface area contributed by atoms with Gasteiger partial charge < -0.3 is 20.3 Å². The van der Waals surface area contributed by atoms with E-state index in [0.29, 0.717) is 11.5 Å². The topological polar surface area (TPSA) is 81.8 Å². The van der Waals surface area contributed by atoms with Crippen LogP contribution in [0.4, 0.5) is 0 Å². The van der Waals surface area contributed by atoms with Gasteiger partial charge in [0.25, 0.3) is 0 Å². The van der Waals surface area contributed by atoms with Gasteiger partial charge in [0.15, 0.2) is 0 Å². The van der Waals surface area contributed by atoms with Crippen LogP contribution in [0.1, 0.15) is 5.56 Å². The molecule has 0 heterocycles. The largest absolute Gasteiger partial charge is 0.497 e. The van der Waals surface area contributed by atoms with Crippen molar-refractivity contribution in [2.75, 3.05) is 14.2 Å². The quantitative estimate of drug-likeness (QED) is 0.829. The third-order valence-electron chi connectivity index (χ3n) is 2.18. The lowest BCUT2D eigenvalue weighted by Crippen LogP contribution is -2.32. The van der Waals surface area contributed by atoms with Gasteiger partial charge in [-0.2, -0.15) is 0 Å². The zero-order valence-electron chi connectivity index (χ0n) is 9.67. The molecule has 0 saturated carbocycles. The monoisotopic (exact) mass is 261 g/mol. The number of benzene rings is 1. The Morgan fingerprint density at radius 1 is 1.29 bits per heavy atom. The Morgan fingerprint density at radius 2 is 1.76 bits per heavy atom. The fourth-order valence-corrected chi connectivity index (χ4v) is 1.33. The molecule has 0 amide bonds. The molecule has 17 heavy (non-hydrogen) atoms. The fraction of sp³-hybridized carbons (Fsp3) is 0.364. The predicted octanol–water partition coefficient (Wildman–Crippen LogP) is 1.08. The molecule has 0 bridgehead atoms. The number of carboxylic acids is 1. The van der Waals surface area contributed by atoms with Gasteiger partial charge in [0.2, 0.25) is 0 Å². The molecule has 1 aromatic rings. The zero-order valence-corrected chi connectivity index (χ0v) is 10.5. The standard InChI is InChI=1S/C11H15NO4.ClH/c1-15-8-3-7(4-9(6-8)16-2)5-10(12)11(13)14;/h3-4,6,10H,5,12H2,1-2H3,(H,13,14);1H. The Hall–Kier alpha value is -1.46. The number of hydrogen-bond acceptors (Lipinski definition) is 4. The van der Waals surface area contributed by atoms with E-state index in [1.54, 1.807) is 18.2 Å². The van der Waals surface area contributed by atoms with Crippen LogP contribution < -0.4 is 15.2 Å². The number of rotatable bonds is 5. The molecule has 0 aliphatic heterocycles. The van der Waals surface area contributed by atoms with Crippen molar-refractivity contribution in [3.05, 3.63) is 23.8 Å². The maximum Gasteiger partial charge on any atom is 0.320 e. The molecule has 3 N–H and O–H groups in total. The molecule has 0 fully saturated rings. The molecule has 0 spiro atoms. The second-order valence-electron chi connectivity index (χ2n) is 3.37. The van der Waals surface area contributed by atoms with Crippen LogP contribution in [-0.2, 0) is 11.2 Å². The second kappa shape index (κ2) is 6.98.